The second-order valence-electron chi connectivity index (χ2n) is 6.10. The van der Waals surface area contributed by atoms with E-state index in [2.05, 4.69) is 10.6 Å². The van der Waals surface area contributed by atoms with Crippen molar-refractivity contribution >= 4 is 11.6 Å². The van der Waals surface area contributed by atoms with E-state index >= 15 is 0 Å². The highest BCUT2D eigenvalue weighted by Crippen LogP contribution is 2.16. The van der Waals surface area contributed by atoms with Crippen LogP contribution >= 0.6 is 0 Å². The highest BCUT2D eigenvalue weighted by molar-refractivity contribution is 5.75. The van der Waals surface area contributed by atoms with Gasteiger partial charge in [-0.15, -0.1) is 0 Å². The molecule has 8 nitrogen and oxygen atoms in total. The number of aromatic nitrogens is 1. The van der Waals surface area contributed by atoms with Gasteiger partial charge in [0.2, 0.25) is 5.91 Å². The first kappa shape index (κ1) is 18.1. The number of nitrogens with zero attached hydrogens (tertiary/aromatic N) is 2. The number of carbonyl (C=O) groups excluding carboxylic acids is 1. The van der Waals surface area contributed by atoms with Crippen molar-refractivity contribution in [3.63, 3.8) is 0 Å². The van der Waals surface area contributed by atoms with Gasteiger partial charge in [-0.1, -0.05) is 25.7 Å². The van der Waals surface area contributed by atoms with Crippen molar-refractivity contribution in [1.82, 2.24) is 15.2 Å². The molecule has 1 aromatic rings. The van der Waals surface area contributed by atoms with Gasteiger partial charge in [0, 0.05) is 31.3 Å². The predicted octanol–water partition coefficient (Wildman–Crippen LogP) is 1.19. The van der Waals surface area contributed by atoms with Crippen LogP contribution in [-0.4, -0.2) is 34.5 Å². The van der Waals surface area contributed by atoms with Crippen molar-refractivity contribution in [2.24, 2.45) is 0 Å². The summed E-state index contributed by atoms with van der Waals surface area (Å²) in [5.74, 6) is -0.333. The molecule has 1 aliphatic rings. The lowest BCUT2D eigenvalue weighted by molar-refractivity contribution is -0.385. The third-order valence-electron chi connectivity index (χ3n) is 4.23. The van der Waals surface area contributed by atoms with Gasteiger partial charge in [0.25, 0.3) is 11.2 Å². The minimum absolute atomic E-state index is 0.211. The van der Waals surface area contributed by atoms with Crippen LogP contribution in [0.25, 0.3) is 0 Å². The van der Waals surface area contributed by atoms with Gasteiger partial charge < -0.3 is 10.6 Å². The van der Waals surface area contributed by atoms with Crippen molar-refractivity contribution in [2.75, 3.05) is 13.1 Å². The zero-order chi connectivity index (χ0) is 17.4. The molecule has 1 heterocycles. The van der Waals surface area contributed by atoms with E-state index in [1.165, 1.54) is 38.5 Å². The van der Waals surface area contributed by atoms with Crippen LogP contribution in [-0.2, 0) is 11.3 Å². The minimum Gasteiger partial charge on any atom is -0.353 e. The molecule has 8 heteroatoms. The topological polar surface area (TPSA) is 106 Å². The van der Waals surface area contributed by atoms with E-state index in [0.717, 1.165) is 22.9 Å². The Bertz CT molecular complexity index is 621. The number of amides is 1. The van der Waals surface area contributed by atoms with Gasteiger partial charge in [0.05, 0.1) is 11.1 Å². The Hall–Kier alpha value is -2.22. The highest BCUT2D eigenvalue weighted by Gasteiger charge is 2.12. The molecule has 132 valence electrons. The van der Waals surface area contributed by atoms with E-state index in [4.69, 9.17) is 0 Å². The molecule has 0 saturated heterocycles. The Balaban J connectivity index is 1.74. The van der Waals surface area contributed by atoms with Gasteiger partial charge in [-0.05, 0) is 12.8 Å². The molecular weight excluding hydrogens is 312 g/mol. The second kappa shape index (κ2) is 9.17. The van der Waals surface area contributed by atoms with Crippen LogP contribution in [0.5, 0.6) is 0 Å². The third kappa shape index (κ3) is 5.77. The SMILES string of the molecule is O=C(Cn1cc([N+](=O)[O-])ccc1=O)NCCNC1CCCCCC1. The average Bonchev–Trinajstić information content (AvgIpc) is 2.82. The zero-order valence-corrected chi connectivity index (χ0v) is 13.7. The molecule has 2 rings (SSSR count). The summed E-state index contributed by atoms with van der Waals surface area (Å²) < 4.78 is 1.05. The van der Waals surface area contributed by atoms with Crippen molar-refractivity contribution in [2.45, 2.75) is 51.1 Å². The van der Waals surface area contributed by atoms with E-state index in [1.807, 2.05) is 0 Å². The fourth-order valence-corrected chi connectivity index (χ4v) is 2.92. The summed E-state index contributed by atoms with van der Waals surface area (Å²) in [6.45, 7) is 0.934. The fourth-order valence-electron chi connectivity index (χ4n) is 2.92. The summed E-state index contributed by atoms with van der Waals surface area (Å²) in [5, 5.41) is 16.9. The van der Waals surface area contributed by atoms with Crippen LogP contribution in [0.4, 0.5) is 5.69 Å². The van der Waals surface area contributed by atoms with Crippen molar-refractivity contribution < 1.29 is 9.72 Å². The molecule has 0 spiro atoms. The molecule has 1 fully saturated rings. The van der Waals surface area contributed by atoms with Gasteiger partial charge >= 0.3 is 0 Å². The number of carbonyl (C=O) groups is 1. The molecule has 24 heavy (non-hydrogen) atoms. The number of pyridine rings is 1. The summed E-state index contributed by atoms with van der Waals surface area (Å²) in [4.78, 5) is 33.7. The van der Waals surface area contributed by atoms with Crippen LogP contribution in [0.2, 0.25) is 0 Å². The molecular formula is C16H24N4O4. The highest BCUT2D eigenvalue weighted by atomic mass is 16.6. The smallest absolute Gasteiger partial charge is 0.285 e. The van der Waals surface area contributed by atoms with Crippen LogP contribution in [0.3, 0.4) is 0 Å². The number of rotatable bonds is 7. The first-order valence-corrected chi connectivity index (χ1v) is 8.41. The van der Waals surface area contributed by atoms with Gasteiger partial charge in [0.1, 0.15) is 6.54 Å². The van der Waals surface area contributed by atoms with Crippen molar-refractivity contribution in [3.05, 3.63) is 38.8 Å². The first-order chi connectivity index (χ1) is 11.6. The van der Waals surface area contributed by atoms with E-state index in [0.29, 0.717) is 19.1 Å². The Kier molecular flexibility index (Phi) is 6.92. The Morgan fingerprint density at radius 1 is 1.21 bits per heavy atom. The normalized spacial score (nSPS) is 15.7. The van der Waals surface area contributed by atoms with Crippen LogP contribution in [0.15, 0.2) is 23.1 Å². The Morgan fingerprint density at radius 3 is 2.58 bits per heavy atom. The lowest BCUT2D eigenvalue weighted by Gasteiger charge is -2.16. The molecule has 0 radical (unpaired) electrons. The lowest BCUT2D eigenvalue weighted by Crippen LogP contribution is -2.38. The molecule has 0 aliphatic heterocycles. The largest absolute Gasteiger partial charge is 0.353 e. The quantitative estimate of drug-likeness (QED) is 0.337. The number of nitro groups is 1. The standard InChI is InChI=1S/C16H24N4O4/c21-15(12-19-11-14(20(23)24)7-8-16(19)22)18-10-9-17-13-5-3-1-2-4-6-13/h7-8,11,13,17H,1-6,9-10,12H2,(H,18,21). The molecule has 2 N–H and O–H groups in total. The maximum atomic E-state index is 11.9. The first-order valence-electron chi connectivity index (χ1n) is 8.41. The number of hydrogen-bond donors (Lipinski definition) is 2. The van der Waals surface area contributed by atoms with Crippen molar-refractivity contribution in [1.29, 1.82) is 0 Å². The molecule has 0 atom stereocenters. The van der Waals surface area contributed by atoms with Gasteiger partial charge in [0.15, 0.2) is 0 Å². The monoisotopic (exact) mass is 336 g/mol. The minimum atomic E-state index is -0.593. The van der Waals surface area contributed by atoms with E-state index in [9.17, 15) is 19.7 Å². The number of hydrogen-bond acceptors (Lipinski definition) is 5. The van der Waals surface area contributed by atoms with Crippen LogP contribution < -0.4 is 16.2 Å². The Labute approximate surface area is 140 Å². The predicted molar refractivity (Wildman–Crippen MR) is 89.9 cm³/mol. The average molecular weight is 336 g/mol. The van der Waals surface area contributed by atoms with E-state index in [-0.39, 0.29) is 18.1 Å². The molecule has 0 bridgehead atoms. The molecule has 1 amide bonds. The Morgan fingerprint density at radius 2 is 1.92 bits per heavy atom. The van der Waals surface area contributed by atoms with Gasteiger partial charge in [-0.25, -0.2) is 0 Å². The van der Waals surface area contributed by atoms with Gasteiger partial charge in [-0.2, -0.15) is 0 Å². The van der Waals surface area contributed by atoms with Gasteiger partial charge in [-0.3, -0.25) is 24.3 Å². The molecule has 0 aromatic carbocycles. The van der Waals surface area contributed by atoms with Crippen molar-refractivity contribution in [3.8, 4) is 0 Å². The maximum absolute atomic E-state index is 11.9. The van der Waals surface area contributed by atoms with E-state index in [1.54, 1.807) is 0 Å². The van der Waals surface area contributed by atoms with E-state index < -0.39 is 10.5 Å². The fraction of sp³-hybridized carbons (Fsp3) is 0.625. The summed E-state index contributed by atoms with van der Waals surface area (Å²) >= 11 is 0. The number of nitrogens with one attached hydrogen (secondary N) is 2. The van der Waals surface area contributed by atoms with Crippen LogP contribution in [0.1, 0.15) is 38.5 Å². The summed E-state index contributed by atoms with van der Waals surface area (Å²) in [5.41, 5.74) is -0.648. The lowest BCUT2D eigenvalue weighted by atomic mass is 10.1. The summed E-state index contributed by atoms with van der Waals surface area (Å²) in [6.07, 6.45) is 8.54. The third-order valence-corrected chi connectivity index (χ3v) is 4.23. The molecule has 1 saturated carbocycles. The molecule has 0 unspecified atom stereocenters. The zero-order valence-electron chi connectivity index (χ0n) is 13.7. The molecule has 1 aliphatic carbocycles. The van der Waals surface area contributed by atoms with Crippen LogP contribution in [0, 0.1) is 10.1 Å². The summed E-state index contributed by atoms with van der Waals surface area (Å²) in [6, 6.07) is 2.75. The summed E-state index contributed by atoms with van der Waals surface area (Å²) in [7, 11) is 0. The molecule has 1 aromatic heterocycles. The maximum Gasteiger partial charge on any atom is 0.285 e. The second-order valence-corrected chi connectivity index (χ2v) is 6.10.